The highest BCUT2D eigenvalue weighted by Gasteiger charge is 2.22. The van der Waals surface area contributed by atoms with Crippen molar-refractivity contribution in [2.45, 2.75) is 43.5 Å². The van der Waals surface area contributed by atoms with E-state index in [9.17, 15) is 10.4 Å². The van der Waals surface area contributed by atoms with Crippen molar-refractivity contribution in [3.05, 3.63) is 65.7 Å². The predicted octanol–water partition coefficient (Wildman–Crippen LogP) is 5.63. The summed E-state index contributed by atoms with van der Waals surface area (Å²) in [7, 11) is 1.90. The highest BCUT2D eigenvalue weighted by molar-refractivity contribution is 7.99. The number of aliphatic hydroxyl groups is 1. The van der Waals surface area contributed by atoms with Crippen molar-refractivity contribution in [2.24, 2.45) is 7.05 Å². The van der Waals surface area contributed by atoms with Crippen LogP contribution >= 0.6 is 11.8 Å². The molecule has 2 heterocycles. The van der Waals surface area contributed by atoms with Crippen molar-refractivity contribution < 1.29 is 5.11 Å². The Hall–Kier alpha value is -3.57. The normalized spacial score (nSPS) is 13.6. The Bertz CT molecular complexity index is 1340. The summed E-state index contributed by atoms with van der Waals surface area (Å²) < 4.78 is 1.90. The molecule has 7 nitrogen and oxygen atoms in total. The number of imidazole rings is 1. The molecule has 2 N–H and O–H groups in total. The Kier molecular flexibility index (Phi) is 6.00. The summed E-state index contributed by atoms with van der Waals surface area (Å²) in [5.74, 6) is 1.04. The van der Waals surface area contributed by atoms with Crippen LogP contribution in [0.25, 0.3) is 28.0 Å². The molecule has 2 aromatic carbocycles. The van der Waals surface area contributed by atoms with Gasteiger partial charge in [0.05, 0.1) is 16.3 Å². The number of para-hydroxylation sites is 2. The third kappa shape index (κ3) is 4.50. The molecule has 1 atom stereocenters. The van der Waals surface area contributed by atoms with Gasteiger partial charge in [-0.2, -0.15) is 5.26 Å². The van der Waals surface area contributed by atoms with Gasteiger partial charge < -0.3 is 14.7 Å². The van der Waals surface area contributed by atoms with Gasteiger partial charge in [0.15, 0.2) is 16.8 Å². The number of aromatic nitrogens is 5. The van der Waals surface area contributed by atoms with Gasteiger partial charge in [0.1, 0.15) is 17.4 Å². The van der Waals surface area contributed by atoms with Gasteiger partial charge >= 0.3 is 0 Å². The zero-order valence-corrected chi connectivity index (χ0v) is 20.1. The maximum Gasteiger partial charge on any atom is 0.191 e. The van der Waals surface area contributed by atoms with Crippen LogP contribution in [0.5, 0.6) is 0 Å². The number of benzene rings is 2. The van der Waals surface area contributed by atoms with E-state index in [1.807, 2.05) is 42.8 Å². The summed E-state index contributed by atoms with van der Waals surface area (Å²) in [6, 6.07) is 17.9. The molecule has 0 aliphatic rings. The number of allylic oxidation sites excluding steroid dienone is 1. The van der Waals surface area contributed by atoms with E-state index in [1.54, 1.807) is 0 Å². The molecule has 0 spiro atoms. The number of nitriles is 1. The molecule has 0 fully saturated rings. The highest BCUT2D eigenvalue weighted by atomic mass is 32.2. The number of thioether (sulfide) groups is 1. The maximum atomic E-state index is 10.9. The number of aliphatic hydroxyl groups excluding tert-OH is 1. The van der Waals surface area contributed by atoms with Crippen LogP contribution < -0.4 is 0 Å². The molecule has 0 bridgehead atoms. The van der Waals surface area contributed by atoms with Gasteiger partial charge in [-0.25, -0.2) is 4.98 Å². The Labute approximate surface area is 197 Å². The van der Waals surface area contributed by atoms with Crippen LogP contribution in [0.1, 0.15) is 39.1 Å². The van der Waals surface area contributed by atoms with Crippen LogP contribution in [0, 0.1) is 11.3 Å². The monoisotopic (exact) mass is 458 g/mol. The minimum atomic E-state index is -0.424. The third-order valence-electron chi connectivity index (χ3n) is 5.51. The van der Waals surface area contributed by atoms with E-state index < -0.39 is 5.25 Å². The Balaban J connectivity index is 1.59. The quantitative estimate of drug-likeness (QED) is 0.228. The van der Waals surface area contributed by atoms with Crippen molar-refractivity contribution in [3.8, 4) is 17.5 Å². The second-order valence-electron chi connectivity index (χ2n) is 8.93. The molecule has 4 aromatic rings. The van der Waals surface area contributed by atoms with Crippen molar-refractivity contribution in [3.63, 3.8) is 0 Å². The van der Waals surface area contributed by atoms with Crippen molar-refractivity contribution in [1.82, 2.24) is 24.7 Å². The van der Waals surface area contributed by atoms with E-state index >= 15 is 0 Å². The number of H-pyrrole nitrogens is 1. The number of hydrogen-bond donors (Lipinski definition) is 2. The molecule has 33 heavy (non-hydrogen) atoms. The number of fused-ring (bicyclic) bond motifs is 1. The number of nitrogens with zero attached hydrogens (tertiary/aromatic N) is 5. The summed E-state index contributed by atoms with van der Waals surface area (Å²) in [6.07, 6.45) is 0. The number of rotatable bonds is 5. The van der Waals surface area contributed by atoms with Gasteiger partial charge in [0, 0.05) is 12.6 Å². The van der Waals surface area contributed by atoms with Crippen LogP contribution in [0.15, 0.2) is 59.4 Å². The van der Waals surface area contributed by atoms with E-state index in [2.05, 4.69) is 71.3 Å². The van der Waals surface area contributed by atoms with Crippen molar-refractivity contribution in [1.29, 1.82) is 5.26 Å². The van der Waals surface area contributed by atoms with Crippen LogP contribution in [0.3, 0.4) is 0 Å². The first-order valence-corrected chi connectivity index (χ1v) is 11.5. The molecular formula is C25H26N6OS. The first-order valence-electron chi connectivity index (χ1n) is 10.6. The smallest absolute Gasteiger partial charge is 0.191 e. The second-order valence-corrected chi connectivity index (χ2v) is 10.2. The largest absolute Gasteiger partial charge is 0.510 e. The fraction of sp³-hybridized carbons (Fsp3) is 0.280. The fourth-order valence-electron chi connectivity index (χ4n) is 3.51. The Morgan fingerprint density at radius 3 is 2.45 bits per heavy atom. The van der Waals surface area contributed by atoms with E-state index in [0.29, 0.717) is 11.0 Å². The topological polar surface area (TPSA) is 103 Å². The molecule has 0 saturated carbocycles. The van der Waals surface area contributed by atoms with Gasteiger partial charge in [0.2, 0.25) is 0 Å². The van der Waals surface area contributed by atoms with E-state index in [0.717, 1.165) is 22.4 Å². The zero-order chi connectivity index (χ0) is 23.8. The summed E-state index contributed by atoms with van der Waals surface area (Å²) in [5.41, 5.74) is 3.97. The molecule has 1 unspecified atom stereocenters. The molecule has 0 aliphatic heterocycles. The zero-order valence-electron chi connectivity index (χ0n) is 19.3. The minimum absolute atomic E-state index is 0.0550. The van der Waals surface area contributed by atoms with Crippen LogP contribution in [-0.2, 0) is 12.5 Å². The number of hydrogen-bond acceptors (Lipinski definition) is 6. The van der Waals surface area contributed by atoms with E-state index in [1.165, 1.54) is 17.3 Å². The Morgan fingerprint density at radius 1 is 1.12 bits per heavy atom. The van der Waals surface area contributed by atoms with Crippen LogP contribution in [-0.4, -0.2) is 35.1 Å². The highest BCUT2D eigenvalue weighted by Crippen LogP contribution is 2.32. The average Bonchev–Trinajstić information content (AvgIpc) is 3.37. The molecule has 0 aliphatic carbocycles. The standard InChI is InChI=1S/C25H26N6OS/c1-15(21(32)18(14-26)22-27-19-8-6-7-9-20(19)28-22)33-24-30-29-23(31(24)5)16-10-12-17(13-11-16)25(2,3)4/h6-13,15,32H,1-5H3,(H,27,28)/b21-18-. The predicted molar refractivity (Wildman–Crippen MR) is 132 cm³/mol. The third-order valence-corrected chi connectivity index (χ3v) is 6.65. The lowest BCUT2D eigenvalue weighted by Crippen LogP contribution is -2.10. The Morgan fingerprint density at radius 2 is 1.82 bits per heavy atom. The van der Waals surface area contributed by atoms with Gasteiger partial charge in [0.25, 0.3) is 0 Å². The number of nitrogens with one attached hydrogen (secondary N) is 1. The first-order chi connectivity index (χ1) is 15.7. The van der Waals surface area contributed by atoms with Gasteiger partial charge in [-0.3, -0.25) is 0 Å². The van der Waals surface area contributed by atoms with Crippen LogP contribution in [0.4, 0.5) is 0 Å². The lowest BCUT2D eigenvalue weighted by molar-refractivity contribution is 0.401. The molecule has 0 radical (unpaired) electrons. The van der Waals surface area contributed by atoms with Gasteiger partial charge in [-0.1, -0.05) is 68.9 Å². The van der Waals surface area contributed by atoms with Crippen molar-refractivity contribution >= 4 is 28.4 Å². The first kappa shape index (κ1) is 22.6. The van der Waals surface area contributed by atoms with Crippen molar-refractivity contribution in [2.75, 3.05) is 0 Å². The molecule has 2 aromatic heterocycles. The second kappa shape index (κ2) is 8.75. The lowest BCUT2D eigenvalue weighted by atomic mass is 9.87. The lowest BCUT2D eigenvalue weighted by Gasteiger charge is -2.19. The molecule has 0 saturated heterocycles. The number of aromatic amines is 1. The fourth-order valence-corrected chi connectivity index (χ4v) is 4.39. The summed E-state index contributed by atoms with van der Waals surface area (Å²) in [5, 5.41) is 29.5. The van der Waals surface area contributed by atoms with Gasteiger partial charge in [-0.15, -0.1) is 10.2 Å². The average molecular weight is 459 g/mol. The molecular weight excluding hydrogens is 432 g/mol. The molecule has 168 valence electrons. The molecule has 8 heteroatoms. The molecule has 4 rings (SSSR count). The SMILES string of the molecule is CC(Sc1nnc(-c2ccc(C(C)(C)C)cc2)n1C)/C(O)=C(\C#N)c1nc2ccccc2[nH]1. The maximum absolute atomic E-state index is 10.9. The summed E-state index contributed by atoms with van der Waals surface area (Å²) in [4.78, 5) is 7.55. The summed E-state index contributed by atoms with van der Waals surface area (Å²) in [6.45, 7) is 8.37. The van der Waals surface area contributed by atoms with Gasteiger partial charge in [-0.05, 0) is 30.0 Å². The summed E-state index contributed by atoms with van der Waals surface area (Å²) >= 11 is 1.34. The molecule has 0 amide bonds. The van der Waals surface area contributed by atoms with E-state index in [-0.39, 0.29) is 16.7 Å². The minimum Gasteiger partial charge on any atom is -0.510 e. The van der Waals surface area contributed by atoms with E-state index in [4.69, 9.17) is 0 Å². The van der Waals surface area contributed by atoms with Crippen LogP contribution in [0.2, 0.25) is 0 Å².